The van der Waals surface area contributed by atoms with E-state index in [1.54, 1.807) is 53.9 Å². The number of likely N-dealkylation sites (tertiary alicyclic amines) is 1. The molecule has 0 saturated carbocycles. The first kappa shape index (κ1) is 26.1. The van der Waals surface area contributed by atoms with Crippen molar-refractivity contribution in [1.82, 2.24) is 14.3 Å². The van der Waals surface area contributed by atoms with Crippen molar-refractivity contribution in [3.63, 3.8) is 0 Å². The highest BCUT2D eigenvalue weighted by atomic mass is 16.5. The predicted octanol–water partition coefficient (Wildman–Crippen LogP) is 0.968. The van der Waals surface area contributed by atoms with Crippen molar-refractivity contribution < 1.29 is 29.1 Å². The zero-order valence-electron chi connectivity index (χ0n) is 21.6. The summed E-state index contributed by atoms with van der Waals surface area (Å²) in [4.78, 5) is 45.9. The third-order valence-corrected chi connectivity index (χ3v) is 7.03. The lowest BCUT2D eigenvalue weighted by Gasteiger charge is -2.28. The van der Waals surface area contributed by atoms with E-state index in [1.165, 1.54) is 16.9 Å². The van der Waals surface area contributed by atoms with Crippen LogP contribution in [0.1, 0.15) is 53.6 Å². The number of carbonyl (C=O) groups excluding carboxylic acids is 3. The lowest BCUT2D eigenvalue weighted by atomic mass is 9.95. The number of nitrogens with one attached hydrogen (secondary N) is 1. The number of hydrogen-bond acceptors (Lipinski definition) is 6. The second-order valence-corrected chi connectivity index (χ2v) is 9.12. The van der Waals surface area contributed by atoms with Crippen molar-refractivity contribution in [3.05, 3.63) is 76.7 Å². The molecule has 1 fully saturated rings. The van der Waals surface area contributed by atoms with Crippen molar-refractivity contribution in [2.24, 2.45) is 0 Å². The van der Waals surface area contributed by atoms with Crippen LogP contribution in [0.15, 0.2) is 54.2 Å². The summed E-state index contributed by atoms with van der Waals surface area (Å²) in [6, 6.07) is 11.0. The molecule has 0 aliphatic carbocycles. The number of aryl methyl sites for hydroxylation is 1. The molecular weight excluding hydrogens is 472 g/mol. The average Bonchev–Trinajstić information content (AvgIpc) is 3.38. The van der Waals surface area contributed by atoms with E-state index in [-0.39, 0.29) is 11.3 Å². The van der Waals surface area contributed by atoms with Gasteiger partial charge in [0.15, 0.2) is 0 Å². The smallest absolute Gasteiger partial charge is 0.337 e. The molecule has 0 spiro atoms. The molecule has 194 valence electrons. The van der Waals surface area contributed by atoms with Gasteiger partial charge in [-0.3, -0.25) is 9.59 Å². The Labute approximate surface area is 216 Å². The number of hydrogen-bond donors (Lipinski definition) is 1. The molecule has 1 aromatic carbocycles. The van der Waals surface area contributed by atoms with Crippen LogP contribution in [0.2, 0.25) is 0 Å². The van der Waals surface area contributed by atoms with Crippen LogP contribution in [-0.2, 0) is 14.3 Å². The quantitative estimate of drug-likeness (QED) is 0.201. The minimum atomic E-state index is -0.862. The van der Waals surface area contributed by atoms with E-state index in [2.05, 4.69) is 18.8 Å². The van der Waals surface area contributed by atoms with E-state index in [9.17, 15) is 19.5 Å². The van der Waals surface area contributed by atoms with E-state index in [1.807, 2.05) is 6.07 Å². The number of imidazole rings is 1. The summed E-state index contributed by atoms with van der Waals surface area (Å²) in [5.74, 6) is -2.50. The molecule has 1 atom stereocenters. The first-order valence-corrected chi connectivity index (χ1v) is 12.5. The number of quaternary nitrogens is 1. The SMILES string of the molecule is CC[NH+](CC)CCCN1C(=O)C(=O)/C(=C(/[O-])c2c(C)nc3ccccn23)C1c1ccc(C(=O)OC)cc1. The Morgan fingerprint density at radius 3 is 2.46 bits per heavy atom. The van der Waals surface area contributed by atoms with Crippen LogP contribution in [-0.4, -0.2) is 65.2 Å². The van der Waals surface area contributed by atoms with Crippen LogP contribution in [0.3, 0.4) is 0 Å². The molecule has 1 aliphatic rings. The zero-order valence-corrected chi connectivity index (χ0v) is 21.6. The largest absolute Gasteiger partial charge is 0.871 e. The van der Waals surface area contributed by atoms with Crippen molar-refractivity contribution in [2.75, 3.05) is 33.3 Å². The number of esters is 1. The number of carbonyl (C=O) groups is 3. The maximum Gasteiger partial charge on any atom is 0.337 e. The van der Waals surface area contributed by atoms with Crippen molar-refractivity contribution in [1.29, 1.82) is 0 Å². The number of methoxy groups -OCH3 is 1. The molecule has 1 amide bonds. The predicted molar refractivity (Wildman–Crippen MR) is 136 cm³/mol. The first-order chi connectivity index (χ1) is 17.8. The standard InChI is InChI=1S/C28H32N4O5/c1-5-30(6-2)15-9-17-32-24(19-11-13-20(14-12-19)28(36)37-4)22(26(34)27(32)35)25(33)23-18(3)29-21-10-7-8-16-31(21)23/h7-8,10-14,16,24,33H,5-6,9,15,17H2,1-4H3/b25-22+. The minimum absolute atomic E-state index is 0.0974. The molecule has 37 heavy (non-hydrogen) atoms. The number of rotatable bonds is 9. The molecule has 3 heterocycles. The second kappa shape index (κ2) is 11.0. The van der Waals surface area contributed by atoms with Gasteiger partial charge in [0.2, 0.25) is 5.78 Å². The van der Waals surface area contributed by atoms with Gasteiger partial charge in [-0.1, -0.05) is 24.0 Å². The number of Topliss-reactive ketones (excluding diaryl/α,β-unsaturated/α-hetero) is 1. The second-order valence-electron chi connectivity index (χ2n) is 9.12. The normalized spacial score (nSPS) is 17.2. The van der Waals surface area contributed by atoms with Gasteiger partial charge in [0.25, 0.3) is 5.91 Å². The van der Waals surface area contributed by atoms with Gasteiger partial charge < -0.3 is 24.0 Å². The number of ketones is 1. The molecule has 1 unspecified atom stereocenters. The van der Waals surface area contributed by atoms with E-state index >= 15 is 0 Å². The highest BCUT2D eigenvalue weighted by molar-refractivity contribution is 6.46. The molecule has 0 bridgehead atoms. The molecule has 9 heteroatoms. The molecule has 2 aromatic heterocycles. The van der Waals surface area contributed by atoms with Gasteiger partial charge in [0.05, 0.1) is 49.7 Å². The zero-order chi connectivity index (χ0) is 26.7. The number of pyridine rings is 1. The Morgan fingerprint density at radius 2 is 1.81 bits per heavy atom. The lowest BCUT2D eigenvalue weighted by molar-refractivity contribution is -0.896. The van der Waals surface area contributed by atoms with E-state index < -0.39 is 29.5 Å². The highest BCUT2D eigenvalue weighted by Gasteiger charge is 2.44. The summed E-state index contributed by atoms with van der Waals surface area (Å²) in [5.41, 5.74) is 2.14. The van der Waals surface area contributed by atoms with Crippen molar-refractivity contribution in [2.45, 2.75) is 33.2 Å². The van der Waals surface area contributed by atoms with E-state index in [4.69, 9.17) is 4.74 Å². The fraction of sp³-hybridized carbons (Fsp3) is 0.357. The third-order valence-electron chi connectivity index (χ3n) is 7.03. The monoisotopic (exact) mass is 504 g/mol. The minimum Gasteiger partial charge on any atom is -0.871 e. The summed E-state index contributed by atoms with van der Waals surface area (Å²) in [5, 5.41) is 13.9. The summed E-state index contributed by atoms with van der Waals surface area (Å²) < 4.78 is 6.43. The number of nitrogens with zero attached hydrogens (tertiary/aromatic N) is 3. The van der Waals surface area contributed by atoms with Crippen LogP contribution in [0, 0.1) is 6.92 Å². The van der Waals surface area contributed by atoms with Crippen molar-refractivity contribution in [3.8, 4) is 0 Å². The van der Waals surface area contributed by atoms with Gasteiger partial charge in [-0.25, -0.2) is 9.78 Å². The fourth-order valence-electron chi connectivity index (χ4n) is 4.98. The lowest BCUT2D eigenvalue weighted by Crippen LogP contribution is -3.11. The van der Waals surface area contributed by atoms with Crippen LogP contribution in [0.25, 0.3) is 11.4 Å². The van der Waals surface area contributed by atoms with Gasteiger partial charge in [0, 0.05) is 24.7 Å². The highest BCUT2D eigenvalue weighted by Crippen LogP contribution is 2.39. The van der Waals surface area contributed by atoms with E-state index in [0.717, 1.165) is 19.6 Å². The fourth-order valence-corrected chi connectivity index (χ4v) is 4.98. The molecular formula is C28H32N4O5. The molecule has 9 nitrogen and oxygen atoms in total. The third kappa shape index (κ3) is 4.86. The topological polar surface area (TPSA) is 108 Å². The Balaban J connectivity index is 1.82. The summed E-state index contributed by atoms with van der Waals surface area (Å²) in [7, 11) is 1.30. The molecule has 3 aromatic rings. The summed E-state index contributed by atoms with van der Waals surface area (Å²) >= 11 is 0. The number of aromatic nitrogens is 2. The van der Waals surface area contributed by atoms with Crippen LogP contribution in [0.5, 0.6) is 0 Å². The molecule has 1 saturated heterocycles. The number of benzene rings is 1. The van der Waals surface area contributed by atoms with Gasteiger partial charge in [-0.2, -0.15) is 0 Å². The molecule has 0 radical (unpaired) electrons. The Morgan fingerprint density at radius 1 is 1.11 bits per heavy atom. The Hall–Kier alpha value is -3.98. The van der Waals surface area contributed by atoms with Crippen LogP contribution < -0.4 is 10.0 Å². The maximum absolute atomic E-state index is 13.9. The van der Waals surface area contributed by atoms with E-state index in [0.29, 0.717) is 35.4 Å². The summed E-state index contributed by atoms with van der Waals surface area (Å²) in [6.07, 6.45) is 2.40. The van der Waals surface area contributed by atoms with Gasteiger partial charge in [-0.15, -0.1) is 0 Å². The van der Waals surface area contributed by atoms with Crippen LogP contribution in [0.4, 0.5) is 0 Å². The van der Waals surface area contributed by atoms with Crippen LogP contribution >= 0.6 is 0 Å². The number of amides is 1. The summed E-state index contributed by atoms with van der Waals surface area (Å²) in [6.45, 7) is 9.04. The number of ether oxygens (including phenoxy) is 1. The molecule has 4 rings (SSSR count). The Bertz CT molecular complexity index is 1350. The van der Waals surface area contributed by atoms with Gasteiger partial charge in [0.1, 0.15) is 5.65 Å². The maximum atomic E-state index is 13.9. The van der Waals surface area contributed by atoms with Crippen molar-refractivity contribution >= 4 is 29.1 Å². The van der Waals surface area contributed by atoms with Gasteiger partial charge in [-0.05, 0) is 50.6 Å². The first-order valence-electron chi connectivity index (χ1n) is 12.5. The van der Waals surface area contributed by atoms with Gasteiger partial charge >= 0.3 is 5.97 Å². The molecule has 1 aliphatic heterocycles. The average molecular weight is 505 g/mol. The molecule has 1 N–H and O–H groups in total. The Kier molecular flexibility index (Phi) is 7.73. The number of fused-ring (bicyclic) bond motifs is 1.